The Bertz CT molecular complexity index is 1030. The van der Waals surface area contributed by atoms with E-state index in [9.17, 15) is 13.6 Å². The van der Waals surface area contributed by atoms with E-state index < -0.39 is 23.2 Å². The molecule has 2 saturated carbocycles. The van der Waals surface area contributed by atoms with Crippen LogP contribution in [-0.2, 0) is 0 Å². The first-order valence-corrected chi connectivity index (χ1v) is 11.3. The van der Waals surface area contributed by atoms with Gasteiger partial charge in [0.05, 0.1) is 5.56 Å². The van der Waals surface area contributed by atoms with E-state index in [1.165, 1.54) is 43.7 Å². The number of hydrogen-bond donors (Lipinski definition) is 0. The molecule has 2 aromatic carbocycles. The van der Waals surface area contributed by atoms with Crippen molar-refractivity contribution >= 4 is 5.97 Å². The van der Waals surface area contributed by atoms with E-state index in [2.05, 4.69) is 19.1 Å². The highest BCUT2D eigenvalue weighted by atomic mass is 19.1. The van der Waals surface area contributed by atoms with Crippen molar-refractivity contribution in [3.8, 4) is 11.8 Å². The fourth-order valence-electron chi connectivity index (χ4n) is 5.45. The van der Waals surface area contributed by atoms with Crippen molar-refractivity contribution in [3.05, 3.63) is 76.9 Å². The van der Waals surface area contributed by atoms with Gasteiger partial charge in [0.25, 0.3) is 0 Å². The number of nitrogens with zero attached hydrogens (tertiary/aromatic N) is 1. The van der Waals surface area contributed by atoms with Crippen LogP contribution in [0.3, 0.4) is 0 Å². The Labute approximate surface area is 187 Å². The van der Waals surface area contributed by atoms with Gasteiger partial charge in [-0.05, 0) is 86.8 Å². The van der Waals surface area contributed by atoms with E-state index in [4.69, 9.17) is 10.00 Å². The number of carbonyl (C=O) groups excluding carboxylic acids is 1. The topological polar surface area (TPSA) is 50.1 Å². The minimum absolute atomic E-state index is 0.264. The Hall–Kier alpha value is -3.00. The molecule has 2 aliphatic carbocycles. The Morgan fingerprint density at radius 2 is 1.69 bits per heavy atom. The van der Waals surface area contributed by atoms with Crippen LogP contribution in [0.2, 0.25) is 0 Å². The molecule has 0 bridgehead atoms. The highest BCUT2D eigenvalue weighted by Gasteiger charge is 2.35. The summed E-state index contributed by atoms with van der Waals surface area (Å²) in [5, 5.41) is 8.74. The number of benzene rings is 2. The van der Waals surface area contributed by atoms with E-state index in [0.29, 0.717) is 11.5 Å². The number of carbonyl (C=O) groups is 1. The van der Waals surface area contributed by atoms with Gasteiger partial charge in [-0.3, -0.25) is 0 Å². The lowest BCUT2D eigenvalue weighted by Crippen LogP contribution is -2.30. The number of halogens is 2. The Morgan fingerprint density at radius 3 is 2.34 bits per heavy atom. The van der Waals surface area contributed by atoms with Crippen molar-refractivity contribution in [2.24, 2.45) is 17.8 Å². The molecule has 0 saturated heterocycles. The van der Waals surface area contributed by atoms with Crippen molar-refractivity contribution in [3.63, 3.8) is 0 Å². The van der Waals surface area contributed by atoms with Crippen molar-refractivity contribution < 1.29 is 18.3 Å². The maximum absolute atomic E-state index is 13.7. The number of esters is 1. The molecule has 2 fully saturated rings. The summed E-state index contributed by atoms with van der Waals surface area (Å²) in [5.41, 5.74) is 0.852. The zero-order valence-corrected chi connectivity index (χ0v) is 18.2. The van der Waals surface area contributed by atoms with Crippen LogP contribution in [0.15, 0.2) is 48.6 Å². The third kappa shape index (κ3) is 4.75. The van der Waals surface area contributed by atoms with E-state index >= 15 is 0 Å². The molecule has 4 rings (SSSR count). The van der Waals surface area contributed by atoms with Gasteiger partial charge in [0, 0.05) is 12.1 Å². The van der Waals surface area contributed by atoms with E-state index in [0.717, 1.165) is 36.3 Å². The smallest absolute Gasteiger partial charge is 0.343 e. The van der Waals surface area contributed by atoms with Gasteiger partial charge in [-0.15, -0.1) is 0 Å². The van der Waals surface area contributed by atoms with Crippen LogP contribution in [-0.4, -0.2) is 5.97 Å². The zero-order chi connectivity index (χ0) is 22.7. The highest BCUT2D eigenvalue weighted by molar-refractivity contribution is 5.91. The molecule has 0 aliphatic heterocycles. The minimum Gasteiger partial charge on any atom is -0.423 e. The molecular formula is C27H27F2NO2. The molecule has 2 aliphatic rings. The molecule has 2 aromatic rings. The predicted molar refractivity (Wildman–Crippen MR) is 118 cm³/mol. The largest absolute Gasteiger partial charge is 0.423 e. The molecular weight excluding hydrogens is 408 g/mol. The third-order valence-electron chi connectivity index (χ3n) is 7.07. The quantitative estimate of drug-likeness (QED) is 0.297. The first-order valence-electron chi connectivity index (χ1n) is 11.3. The van der Waals surface area contributed by atoms with Crippen LogP contribution in [0, 0.1) is 40.7 Å². The summed E-state index contributed by atoms with van der Waals surface area (Å²) in [6, 6.07) is 10.5. The second kappa shape index (κ2) is 9.65. The number of hydrogen-bond acceptors (Lipinski definition) is 3. The highest BCUT2D eigenvalue weighted by Crippen LogP contribution is 2.47. The zero-order valence-electron chi connectivity index (χ0n) is 18.2. The fourth-order valence-corrected chi connectivity index (χ4v) is 5.45. The van der Waals surface area contributed by atoms with Gasteiger partial charge in [0.15, 0.2) is 0 Å². The summed E-state index contributed by atoms with van der Waals surface area (Å²) < 4.78 is 32.6. The molecule has 5 heteroatoms. The number of rotatable bonds is 4. The van der Waals surface area contributed by atoms with Crippen LogP contribution >= 0.6 is 0 Å². The van der Waals surface area contributed by atoms with Gasteiger partial charge in [-0.25, -0.2) is 13.6 Å². The van der Waals surface area contributed by atoms with E-state index in [1.54, 1.807) is 12.1 Å². The van der Waals surface area contributed by atoms with Crippen LogP contribution in [0.4, 0.5) is 8.78 Å². The summed E-state index contributed by atoms with van der Waals surface area (Å²) >= 11 is 0. The average molecular weight is 436 g/mol. The number of allylic oxidation sites excluding steroid dienone is 2. The second-order valence-corrected chi connectivity index (χ2v) is 9.01. The molecule has 166 valence electrons. The minimum atomic E-state index is -1.05. The molecule has 4 unspecified atom stereocenters. The predicted octanol–water partition coefficient (Wildman–Crippen LogP) is 6.93. The van der Waals surface area contributed by atoms with Gasteiger partial charge in [-0.1, -0.05) is 24.3 Å². The SMILES string of the molecule is C/C=C/C1CCC2CC(c3ccc(C(=O)Oc4cc(F)c(C#N)c(F)c4)cc3)CCC2C1. The van der Waals surface area contributed by atoms with Crippen LogP contribution < -0.4 is 4.74 Å². The Balaban J connectivity index is 1.38. The lowest BCUT2D eigenvalue weighted by Gasteiger charge is -2.41. The molecule has 0 radical (unpaired) electrons. The number of fused-ring (bicyclic) bond motifs is 1. The monoisotopic (exact) mass is 435 g/mol. The summed E-state index contributed by atoms with van der Waals surface area (Å²) in [6.07, 6.45) is 12.0. The van der Waals surface area contributed by atoms with Crippen molar-refractivity contribution in [1.82, 2.24) is 0 Å². The maximum Gasteiger partial charge on any atom is 0.343 e. The molecule has 3 nitrogen and oxygen atoms in total. The van der Waals surface area contributed by atoms with Gasteiger partial charge in [0.1, 0.15) is 29.0 Å². The molecule has 0 aromatic heterocycles. The Kier molecular flexibility index (Phi) is 6.69. The van der Waals surface area contributed by atoms with Crippen molar-refractivity contribution in [2.75, 3.05) is 0 Å². The van der Waals surface area contributed by atoms with Gasteiger partial charge >= 0.3 is 5.97 Å². The fraction of sp³-hybridized carbons (Fsp3) is 0.407. The first-order chi connectivity index (χ1) is 15.5. The molecule has 0 amide bonds. The normalized spacial score (nSPS) is 25.2. The summed E-state index contributed by atoms with van der Waals surface area (Å²) in [5.74, 6) is -0.222. The van der Waals surface area contributed by atoms with Crippen LogP contribution in [0.5, 0.6) is 5.75 Å². The summed E-state index contributed by atoms with van der Waals surface area (Å²) in [6.45, 7) is 2.10. The molecule has 0 spiro atoms. The molecule has 0 heterocycles. The van der Waals surface area contributed by atoms with Gasteiger partial charge in [-0.2, -0.15) is 5.26 Å². The number of nitriles is 1. The van der Waals surface area contributed by atoms with E-state index in [-0.39, 0.29) is 5.75 Å². The molecule has 0 N–H and O–H groups in total. The second-order valence-electron chi connectivity index (χ2n) is 9.01. The number of ether oxygens (including phenoxy) is 1. The van der Waals surface area contributed by atoms with E-state index in [1.807, 2.05) is 12.1 Å². The lowest BCUT2D eigenvalue weighted by molar-refractivity contribution is 0.0734. The van der Waals surface area contributed by atoms with Gasteiger partial charge in [0.2, 0.25) is 0 Å². The first kappa shape index (κ1) is 22.2. The lowest BCUT2D eigenvalue weighted by atomic mass is 9.64. The van der Waals surface area contributed by atoms with Crippen molar-refractivity contribution in [1.29, 1.82) is 5.26 Å². The third-order valence-corrected chi connectivity index (χ3v) is 7.07. The summed E-state index contributed by atoms with van der Waals surface area (Å²) in [7, 11) is 0. The average Bonchev–Trinajstić information content (AvgIpc) is 2.79. The molecule has 4 atom stereocenters. The van der Waals surface area contributed by atoms with Crippen LogP contribution in [0.25, 0.3) is 0 Å². The summed E-state index contributed by atoms with van der Waals surface area (Å²) in [4.78, 5) is 12.4. The van der Waals surface area contributed by atoms with Crippen LogP contribution in [0.1, 0.15) is 72.9 Å². The molecule has 32 heavy (non-hydrogen) atoms. The van der Waals surface area contributed by atoms with Gasteiger partial charge < -0.3 is 4.74 Å². The standard InChI is InChI=1S/C27H27F2NO2/c1-2-3-17-4-5-22-13-21(11-10-20(22)12-17)18-6-8-19(9-7-18)27(31)32-23-14-25(28)24(16-30)26(29)15-23/h2-3,6-9,14-15,17,20-22H,4-5,10-13H2,1H3/b3-2+. The Morgan fingerprint density at radius 1 is 1.03 bits per heavy atom. The van der Waals surface area contributed by atoms with Crippen molar-refractivity contribution in [2.45, 2.75) is 51.4 Å². The maximum atomic E-state index is 13.7.